The number of aromatic nitrogens is 4. The van der Waals surface area contributed by atoms with Crippen molar-refractivity contribution in [1.29, 1.82) is 0 Å². The van der Waals surface area contributed by atoms with Gasteiger partial charge in [-0.05, 0) is 24.5 Å². The van der Waals surface area contributed by atoms with Crippen molar-refractivity contribution in [3.8, 4) is 0 Å². The van der Waals surface area contributed by atoms with E-state index in [-0.39, 0.29) is 23.9 Å². The van der Waals surface area contributed by atoms with Crippen molar-refractivity contribution in [3.05, 3.63) is 58.2 Å². The molecular formula is C18H18FN5O2. The molecule has 0 unspecified atom stereocenters. The predicted molar refractivity (Wildman–Crippen MR) is 93.6 cm³/mol. The zero-order valence-electron chi connectivity index (χ0n) is 14.4. The molecule has 3 aromatic rings. The number of likely N-dealkylation sites (tertiary alicyclic amines) is 1. The summed E-state index contributed by atoms with van der Waals surface area (Å²) in [6, 6.07) is 6.03. The fourth-order valence-corrected chi connectivity index (χ4v) is 3.27. The molecule has 1 aliphatic heterocycles. The molecule has 2 aromatic heterocycles. The average Bonchev–Trinajstić information content (AvgIpc) is 3.25. The van der Waals surface area contributed by atoms with Gasteiger partial charge in [-0.15, -0.1) is 0 Å². The van der Waals surface area contributed by atoms with Crippen LogP contribution in [0.1, 0.15) is 24.2 Å². The van der Waals surface area contributed by atoms with Crippen LogP contribution in [-0.2, 0) is 13.5 Å². The van der Waals surface area contributed by atoms with Gasteiger partial charge in [-0.1, -0.05) is 18.2 Å². The van der Waals surface area contributed by atoms with Crippen LogP contribution in [0.4, 0.5) is 9.18 Å². The van der Waals surface area contributed by atoms with Crippen LogP contribution < -0.4 is 5.69 Å². The molecule has 1 aromatic carbocycles. The summed E-state index contributed by atoms with van der Waals surface area (Å²) < 4.78 is 16.3. The Hall–Kier alpha value is -3.03. The first-order chi connectivity index (χ1) is 12.6. The van der Waals surface area contributed by atoms with Crippen molar-refractivity contribution in [2.45, 2.75) is 19.3 Å². The molecular weight excluding hydrogens is 337 g/mol. The van der Waals surface area contributed by atoms with Crippen LogP contribution in [0.25, 0.3) is 11.2 Å². The number of rotatable bonds is 2. The lowest BCUT2D eigenvalue weighted by Gasteiger charge is -2.14. The first kappa shape index (κ1) is 16.4. The van der Waals surface area contributed by atoms with Gasteiger partial charge in [-0.2, -0.15) is 4.57 Å². The van der Waals surface area contributed by atoms with Crippen LogP contribution in [-0.4, -0.2) is 43.1 Å². The van der Waals surface area contributed by atoms with Gasteiger partial charge in [0.05, 0.1) is 6.20 Å². The molecule has 1 aliphatic rings. The van der Waals surface area contributed by atoms with E-state index >= 15 is 0 Å². The minimum atomic E-state index is -0.450. The third-order valence-corrected chi connectivity index (χ3v) is 4.73. The fraction of sp³-hybridized carbons (Fsp3) is 0.333. The van der Waals surface area contributed by atoms with E-state index in [4.69, 9.17) is 0 Å². The number of benzene rings is 1. The summed E-state index contributed by atoms with van der Waals surface area (Å²) in [5, 5.41) is 0. The summed E-state index contributed by atoms with van der Waals surface area (Å²) in [4.78, 5) is 35.6. The number of carbonyl (C=O) groups is 1. The Kier molecular flexibility index (Phi) is 4.02. The van der Waals surface area contributed by atoms with E-state index in [1.807, 2.05) is 0 Å². The summed E-state index contributed by atoms with van der Waals surface area (Å²) in [5.41, 5.74) is 0.743. The predicted octanol–water partition coefficient (Wildman–Crippen LogP) is 1.92. The van der Waals surface area contributed by atoms with Gasteiger partial charge in [0.2, 0.25) is 0 Å². The number of hydrogen-bond donors (Lipinski definition) is 0. The molecule has 4 rings (SSSR count). The summed E-state index contributed by atoms with van der Waals surface area (Å²) in [7, 11) is 1.58. The van der Waals surface area contributed by atoms with Gasteiger partial charge in [0.25, 0.3) is 0 Å². The lowest BCUT2D eigenvalue weighted by molar-refractivity contribution is 0.210. The molecule has 8 heteroatoms. The molecule has 0 saturated carbocycles. The number of nitrogens with zero attached hydrogens (tertiary/aromatic N) is 5. The van der Waals surface area contributed by atoms with Crippen molar-refractivity contribution < 1.29 is 9.18 Å². The van der Waals surface area contributed by atoms with Crippen LogP contribution in [0.15, 0.2) is 35.3 Å². The van der Waals surface area contributed by atoms with Crippen LogP contribution in [0, 0.1) is 5.82 Å². The van der Waals surface area contributed by atoms with E-state index in [0.29, 0.717) is 30.0 Å². The van der Waals surface area contributed by atoms with E-state index in [9.17, 15) is 14.0 Å². The monoisotopic (exact) mass is 355 g/mol. The number of amides is 1. The normalized spacial score (nSPS) is 14.3. The molecule has 134 valence electrons. The van der Waals surface area contributed by atoms with Crippen molar-refractivity contribution in [3.63, 3.8) is 0 Å². The van der Waals surface area contributed by atoms with Crippen molar-refractivity contribution in [1.82, 2.24) is 24.0 Å². The Bertz CT molecular complexity index is 1050. The first-order valence-electron chi connectivity index (χ1n) is 8.52. The highest BCUT2D eigenvalue weighted by Crippen LogP contribution is 2.16. The van der Waals surface area contributed by atoms with Crippen LogP contribution in [0.5, 0.6) is 0 Å². The second-order valence-corrected chi connectivity index (χ2v) is 6.42. The number of aryl methyl sites for hydroxylation is 1. The number of hydrogen-bond acceptors (Lipinski definition) is 4. The Morgan fingerprint density at radius 1 is 1.23 bits per heavy atom. The summed E-state index contributed by atoms with van der Waals surface area (Å²) in [6.07, 6.45) is 3.55. The Balaban J connectivity index is 1.79. The maximum absolute atomic E-state index is 13.9. The summed E-state index contributed by atoms with van der Waals surface area (Å²) >= 11 is 0. The standard InChI is InChI=1S/C18H18FN5O2/c1-22-14-11-20-15(10-12-6-2-3-7-13(12)19)21-16(14)24(17(22)25)18(26)23-8-4-5-9-23/h2-3,6-7,11H,4-5,8-10H2,1H3. The molecule has 0 spiro atoms. The van der Waals surface area contributed by atoms with Crippen molar-refractivity contribution in [2.75, 3.05) is 13.1 Å². The molecule has 1 saturated heterocycles. The number of fused-ring (bicyclic) bond motifs is 1. The highest BCUT2D eigenvalue weighted by molar-refractivity contribution is 5.87. The van der Waals surface area contributed by atoms with E-state index in [1.165, 1.54) is 16.8 Å². The van der Waals surface area contributed by atoms with Gasteiger partial charge in [0.1, 0.15) is 17.2 Å². The Morgan fingerprint density at radius 2 is 1.96 bits per heavy atom. The topological polar surface area (TPSA) is 73.0 Å². The van der Waals surface area contributed by atoms with Gasteiger partial charge >= 0.3 is 11.7 Å². The number of imidazole rings is 1. The second-order valence-electron chi connectivity index (χ2n) is 6.42. The largest absolute Gasteiger partial charge is 0.338 e. The molecule has 0 atom stereocenters. The third kappa shape index (κ3) is 2.67. The highest BCUT2D eigenvalue weighted by atomic mass is 19.1. The van der Waals surface area contributed by atoms with E-state index in [2.05, 4.69) is 9.97 Å². The SMILES string of the molecule is Cn1c(=O)n(C(=O)N2CCCC2)c2nc(Cc3ccccc3F)ncc21. The van der Waals surface area contributed by atoms with Crippen LogP contribution in [0.2, 0.25) is 0 Å². The molecule has 26 heavy (non-hydrogen) atoms. The van der Waals surface area contributed by atoms with Gasteiger partial charge in [-0.25, -0.2) is 23.9 Å². The quantitative estimate of drug-likeness (QED) is 0.704. The summed E-state index contributed by atoms with van der Waals surface area (Å²) in [5.74, 6) is 0.0194. The zero-order valence-corrected chi connectivity index (χ0v) is 14.4. The molecule has 3 heterocycles. The van der Waals surface area contributed by atoms with E-state index < -0.39 is 5.69 Å². The van der Waals surface area contributed by atoms with Gasteiger partial charge in [0.15, 0.2) is 5.65 Å². The number of carbonyl (C=O) groups excluding carboxylic acids is 1. The van der Waals surface area contributed by atoms with Crippen molar-refractivity contribution in [2.24, 2.45) is 7.05 Å². The lowest BCUT2D eigenvalue weighted by Crippen LogP contribution is -2.38. The maximum atomic E-state index is 13.9. The summed E-state index contributed by atoms with van der Waals surface area (Å²) in [6.45, 7) is 1.27. The minimum absolute atomic E-state index is 0.184. The van der Waals surface area contributed by atoms with Crippen molar-refractivity contribution >= 4 is 17.2 Å². The third-order valence-electron chi connectivity index (χ3n) is 4.73. The molecule has 1 amide bonds. The van der Waals surface area contributed by atoms with Gasteiger partial charge < -0.3 is 4.90 Å². The lowest BCUT2D eigenvalue weighted by atomic mass is 10.1. The average molecular weight is 355 g/mol. The molecule has 1 fully saturated rings. The van der Waals surface area contributed by atoms with Crippen LogP contribution >= 0.6 is 0 Å². The smallest absolute Gasteiger partial charge is 0.324 e. The molecule has 7 nitrogen and oxygen atoms in total. The molecule has 0 aliphatic carbocycles. The fourth-order valence-electron chi connectivity index (χ4n) is 3.27. The van der Waals surface area contributed by atoms with E-state index in [0.717, 1.165) is 17.4 Å². The minimum Gasteiger partial charge on any atom is -0.324 e. The van der Waals surface area contributed by atoms with Crippen LogP contribution in [0.3, 0.4) is 0 Å². The second kappa shape index (κ2) is 6.36. The molecule has 0 N–H and O–H groups in total. The zero-order chi connectivity index (χ0) is 18.3. The maximum Gasteiger partial charge on any atom is 0.338 e. The molecule has 0 radical (unpaired) electrons. The van der Waals surface area contributed by atoms with Gasteiger partial charge in [0, 0.05) is 26.6 Å². The first-order valence-corrected chi connectivity index (χ1v) is 8.52. The molecule has 0 bridgehead atoms. The van der Waals surface area contributed by atoms with E-state index in [1.54, 1.807) is 30.1 Å². The highest BCUT2D eigenvalue weighted by Gasteiger charge is 2.25. The Labute approximate surface area is 148 Å². The Morgan fingerprint density at radius 3 is 2.69 bits per heavy atom. The number of halogens is 1. The van der Waals surface area contributed by atoms with Gasteiger partial charge in [-0.3, -0.25) is 4.57 Å².